The molecular weight excluding hydrogens is 412 g/mol. The molecule has 4 N–H and O–H groups in total. The molecule has 160 valence electrons. The molecular formula is C23H24N4O3S. The Balaban J connectivity index is 1.59. The number of thiazole rings is 1. The highest BCUT2D eigenvalue weighted by Crippen LogP contribution is 2.42. The van der Waals surface area contributed by atoms with Gasteiger partial charge in [0.25, 0.3) is 5.91 Å². The Kier molecular flexibility index (Phi) is 5.13. The predicted octanol–water partition coefficient (Wildman–Crippen LogP) is 3.15. The summed E-state index contributed by atoms with van der Waals surface area (Å²) >= 11 is 1.64. The fourth-order valence-electron chi connectivity index (χ4n) is 4.24. The lowest BCUT2D eigenvalue weighted by atomic mass is 9.91. The number of hydrogen-bond donors (Lipinski definition) is 3. The van der Waals surface area contributed by atoms with Crippen molar-refractivity contribution in [1.29, 1.82) is 0 Å². The molecule has 0 unspecified atom stereocenters. The third-order valence-corrected chi connectivity index (χ3v) is 6.92. The molecule has 3 heterocycles. The third kappa shape index (κ3) is 3.67. The molecule has 1 saturated heterocycles. The lowest BCUT2D eigenvalue weighted by Crippen LogP contribution is -2.35. The fourth-order valence-corrected chi connectivity index (χ4v) is 5.24. The van der Waals surface area contributed by atoms with Crippen molar-refractivity contribution in [2.45, 2.75) is 20.0 Å². The van der Waals surface area contributed by atoms with Crippen molar-refractivity contribution in [3.63, 3.8) is 0 Å². The molecule has 3 aromatic rings. The van der Waals surface area contributed by atoms with Crippen LogP contribution in [0.5, 0.6) is 5.75 Å². The van der Waals surface area contributed by atoms with Crippen LogP contribution in [0.1, 0.15) is 26.4 Å². The number of rotatable bonds is 4. The standard InChI is InChI=1S/C23H24N4O3S/c1-13-2-3-14(28)8-16(13)17-9-18(19-11-25-22(29)20(19)21(17)24)23-26-10-15(31-23)12-27-4-6-30-7-5-27/h2-3,8-10,28H,4-7,11-12,24H2,1H3,(H,25,29). The number of morpholine rings is 1. The molecule has 1 aromatic heterocycles. The number of aryl methyl sites for hydroxylation is 1. The summed E-state index contributed by atoms with van der Waals surface area (Å²) in [6.07, 6.45) is 1.92. The molecule has 1 fully saturated rings. The van der Waals surface area contributed by atoms with Gasteiger partial charge >= 0.3 is 0 Å². The number of nitrogen functional groups attached to an aromatic ring is 1. The number of phenols is 1. The second-order valence-corrected chi connectivity index (χ2v) is 9.06. The van der Waals surface area contributed by atoms with E-state index in [9.17, 15) is 9.90 Å². The Morgan fingerprint density at radius 2 is 2.03 bits per heavy atom. The number of fused-ring (bicyclic) bond motifs is 1. The lowest BCUT2D eigenvalue weighted by Gasteiger charge is -2.25. The van der Waals surface area contributed by atoms with Crippen LogP contribution in [0.3, 0.4) is 0 Å². The van der Waals surface area contributed by atoms with Crippen molar-refractivity contribution >= 4 is 22.9 Å². The summed E-state index contributed by atoms with van der Waals surface area (Å²) in [6, 6.07) is 7.19. The van der Waals surface area contributed by atoms with E-state index in [0.29, 0.717) is 17.8 Å². The first-order valence-corrected chi connectivity index (χ1v) is 11.1. The quantitative estimate of drug-likeness (QED) is 0.543. The fraction of sp³-hybridized carbons (Fsp3) is 0.304. The summed E-state index contributed by atoms with van der Waals surface area (Å²) in [5, 5.41) is 13.8. The minimum atomic E-state index is -0.168. The van der Waals surface area contributed by atoms with Crippen LogP contribution in [0.25, 0.3) is 21.7 Å². The van der Waals surface area contributed by atoms with Crippen LogP contribution in [-0.2, 0) is 17.8 Å². The van der Waals surface area contributed by atoms with Gasteiger partial charge in [-0.1, -0.05) is 6.07 Å². The summed E-state index contributed by atoms with van der Waals surface area (Å²) in [7, 11) is 0. The van der Waals surface area contributed by atoms with Crippen LogP contribution in [0.4, 0.5) is 5.69 Å². The van der Waals surface area contributed by atoms with Gasteiger partial charge in [-0.15, -0.1) is 11.3 Å². The maximum atomic E-state index is 12.6. The largest absolute Gasteiger partial charge is 0.508 e. The highest BCUT2D eigenvalue weighted by atomic mass is 32.1. The van der Waals surface area contributed by atoms with E-state index in [1.807, 2.05) is 25.3 Å². The van der Waals surface area contributed by atoms with Crippen LogP contribution >= 0.6 is 11.3 Å². The summed E-state index contributed by atoms with van der Waals surface area (Å²) in [4.78, 5) is 20.8. The summed E-state index contributed by atoms with van der Waals surface area (Å²) in [5.74, 6) is -0.00736. The van der Waals surface area contributed by atoms with Crippen LogP contribution < -0.4 is 11.1 Å². The van der Waals surface area contributed by atoms with E-state index >= 15 is 0 Å². The molecule has 0 radical (unpaired) electrons. The monoisotopic (exact) mass is 436 g/mol. The zero-order valence-electron chi connectivity index (χ0n) is 17.3. The minimum absolute atomic E-state index is 0.161. The van der Waals surface area contributed by atoms with E-state index in [2.05, 4.69) is 10.2 Å². The molecule has 2 aliphatic heterocycles. The van der Waals surface area contributed by atoms with Crippen molar-refractivity contribution < 1.29 is 14.6 Å². The highest BCUT2D eigenvalue weighted by Gasteiger charge is 2.29. The average Bonchev–Trinajstić information content (AvgIpc) is 3.38. The number of nitrogens with zero attached hydrogens (tertiary/aromatic N) is 2. The van der Waals surface area contributed by atoms with Crippen molar-refractivity contribution in [2.24, 2.45) is 0 Å². The zero-order valence-corrected chi connectivity index (χ0v) is 18.1. The second-order valence-electron chi connectivity index (χ2n) is 7.94. The maximum absolute atomic E-state index is 12.6. The molecule has 0 bridgehead atoms. The van der Waals surface area contributed by atoms with Gasteiger partial charge in [-0.25, -0.2) is 4.98 Å². The number of benzene rings is 2. The maximum Gasteiger partial charge on any atom is 0.254 e. The number of amides is 1. The van der Waals surface area contributed by atoms with Crippen molar-refractivity contribution in [2.75, 3.05) is 32.0 Å². The van der Waals surface area contributed by atoms with Crippen molar-refractivity contribution in [3.8, 4) is 27.4 Å². The number of carbonyl (C=O) groups excluding carboxylic acids is 1. The first kappa shape index (κ1) is 20.0. The van der Waals surface area contributed by atoms with Gasteiger partial charge in [-0.3, -0.25) is 9.69 Å². The SMILES string of the molecule is Cc1ccc(O)cc1-c1cc(-c2ncc(CN3CCOCC3)s2)c2c(c1N)C(=O)NC2. The van der Waals surface area contributed by atoms with Crippen LogP contribution in [0.15, 0.2) is 30.5 Å². The summed E-state index contributed by atoms with van der Waals surface area (Å²) < 4.78 is 5.43. The number of ether oxygens (including phenoxy) is 1. The molecule has 1 amide bonds. The molecule has 2 aliphatic rings. The van der Waals surface area contributed by atoms with Gasteiger partial charge in [-0.2, -0.15) is 0 Å². The third-order valence-electron chi connectivity index (χ3n) is 5.91. The summed E-state index contributed by atoms with van der Waals surface area (Å²) in [6.45, 7) is 6.60. The number of aromatic hydroxyl groups is 1. The molecule has 0 saturated carbocycles. The van der Waals surface area contributed by atoms with E-state index in [4.69, 9.17) is 15.5 Å². The smallest absolute Gasteiger partial charge is 0.254 e. The number of nitrogens with two attached hydrogens (primary N) is 1. The van der Waals surface area contributed by atoms with E-state index < -0.39 is 0 Å². The van der Waals surface area contributed by atoms with E-state index in [1.165, 1.54) is 4.88 Å². The number of hydrogen-bond acceptors (Lipinski definition) is 7. The number of aromatic nitrogens is 1. The lowest BCUT2D eigenvalue weighted by molar-refractivity contribution is 0.0346. The first-order chi connectivity index (χ1) is 15.0. The molecule has 0 aliphatic carbocycles. The van der Waals surface area contributed by atoms with Crippen molar-refractivity contribution in [3.05, 3.63) is 52.0 Å². The molecule has 0 atom stereocenters. The van der Waals surface area contributed by atoms with Crippen LogP contribution in [0, 0.1) is 6.92 Å². The summed E-state index contributed by atoms with van der Waals surface area (Å²) in [5.41, 5.74) is 11.8. The normalized spacial score (nSPS) is 16.4. The van der Waals surface area contributed by atoms with E-state index in [1.54, 1.807) is 23.5 Å². The van der Waals surface area contributed by atoms with Gasteiger partial charge in [0.05, 0.1) is 24.5 Å². The van der Waals surface area contributed by atoms with E-state index in [0.717, 1.165) is 65.7 Å². The topological polar surface area (TPSA) is 101 Å². The zero-order chi connectivity index (χ0) is 21.5. The molecule has 2 aromatic carbocycles. The Bertz CT molecular complexity index is 1170. The van der Waals surface area contributed by atoms with Gasteiger partial charge < -0.3 is 20.9 Å². The molecule has 0 spiro atoms. The average molecular weight is 437 g/mol. The molecule has 7 nitrogen and oxygen atoms in total. The molecule has 8 heteroatoms. The van der Waals surface area contributed by atoms with Crippen LogP contribution in [-0.4, -0.2) is 47.2 Å². The Morgan fingerprint density at radius 1 is 1.23 bits per heavy atom. The molecule has 31 heavy (non-hydrogen) atoms. The predicted molar refractivity (Wildman–Crippen MR) is 121 cm³/mol. The number of anilines is 1. The minimum Gasteiger partial charge on any atom is -0.508 e. The van der Waals surface area contributed by atoms with Gasteiger partial charge in [0.15, 0.2) is 0 Å². The van der Waals surface area contributed by atoms with Gasteiger partial charge in [-0.05, 0) is 41.8 Å². The first-order valence-electron chi connectivity index (χ1n) is 10.3. The Morgan fingerprint density at radius 3 is 2.84 bits per heavy atom. The van der Waals surface area contributed by atoms with Gasteiger partial charge in [0.2, 0.25) is 0 Å². The highest BCUT2D eigenvalue weighted by molar-refractivity contribution is 7.15. The van der Waals surface area contributed by atoms with Crippen LogP contribution in [0.2, 0.25) is 0 Å². The number of carbonyl (C=O) groups is 1. The number of nitrogens with one attached hydrogen (secondary N) is 1. The van der Waals surface area contributed by atoms with Gasteiger partial charge in [0.1, 0.15) is 10.8 Å². The van der Waals surface area contributed by atoms with Crippen molar-refractivity contribution in [1.82, 2.24) is 15.2 Å². The number of phenolic OH excluding ortho intramolecular Hbond substituents is 1. The Hall–Kier alpha value is -2.94. The Labute approximate surface area is 184 Å². The molecule has 5 rings (SSSR count). The van der Waals surface area contributed by atoms with Gasteiger partial charge in [0, 0.05) is 48.4 Å². The second kappa shape index (κ2) is 7.96. The van der Waals surface area contributed by atoms with E-state index in [-0.39, 0.29) is 11.7 Å².